The Morgan fingerprint density at radius 3 is 1.70 bits per heavy atom. The molecule has 1 fully saturated rings. The van der Waals surface area contributed by atoms with Crippen molar-refractivity contribution in [1.82, 2.24) is 10.6 Å². The lowest BCUT2D eigenvalue weighted by molar-refractivity contribution is 0.308. The van der Waals surface area contributed by atoms with Gasteiger partial charge in [-0.2, -0.15) is 0 Å². The van der Waals surface area contributed by atoms with Crippen molar-refractivity contribution < 1.29 is 0 Å². The lowest BCUT2D eigenvalue weighted by atomic mass is 9.70. The van der Waals surface area contributed by atoms with E-state index in [0.29, 0.717) is 6.04 Å². The third-order valence-corrected chi connectivity index (χ3v) is 8.71. The highest BCUT2D eigenvalue weighted by Crippen LogP contribution is 2.62. The van der Waals surface area contributed by atoms with Crippen LogP contribution in [0, 0.1) is 0 Å². The number of fused-ring (bicyclic) bond motifs is 10. The van der Waals surface area contributed by atoms with Crippen molar-refractivity contribution in [1.29, 1.82) is 0 Å². The van der Waals surface area contributed by atoms with E-state index in [1.165, 1.54) is 55.6 Å². The third-order valence-electron chi connectivity index (χ3n) is 8.71. The summed E-state index contributed by atoms with van der Waals surface area (Å²) in [4.78, 5) is 0. The van der Waals surface area contributed by atoms with Crippen molar-refractivity contribution in [2.45, 2.75) is 24.0 Å². The van der Waals surface area contributed by atoms with Crippen LogP contribution < -0.4 is 10.6 Å². The highest BCUT2D eigenvalue weighted by Gasteiger charge is 2.51. The molecule has 2 heteroatoms. The first-order valence-corrected chi connectivity index (χ1v) is 13.3. The number of benzene rings is 5. The first kappa shape index (κ1) is 21.1. The van der Waals surface area contributed by atoms with Gasteiger partial charge in [-0.3, -0.25) is 10.6 Å². The summed E-state index contributed by atoms with van der Waals surface area (Å²) in [6.07, 6.45) is 1.24. The molecule has 1 heterocycles. The molecule has 5 aromatic rings. The molecule has 1 saturated heterocycles. The Labute approximate surface area is 218 Å². The normalized spacial score (nSPS) is 20.2. The molecule has 0 saturated carbocycles. The van der Waals surface area contributed by atoms with Crippen molar-refractivity contribution >= 4 is 0 Å². The van der Waals surface area contributed by atoms with E-state index < -0.39 is 0 Å². The van der Waals surface area contributed by atoms with Crippen LogP contribution in [0.15, 0.2) is 121 Å². The fraction of sp³-hybridized carbons (Fsp3) is 0.143. The van der Waals surface area contributed by atoms with E-state index >= 15 is 0 Å². The molecule has 8 rings (SSSR count). The van der Waals surface area contributed by atoms with Gasteiger partial charge in [0.2, 0.25) is 0 Å². The Kier molecular flexibility index (Phi) is 4.58. The molecular formula is C35H28N2. The Balaban J connectivity index is 1.30. The van der Waals surface area contributed by atoms with Crippen molar-refractivity contribution in [2.24, 2.45) is 0 Å². The average molecular weight is 477 g/mol. The summed E-state index contributed by atoms with van der Waals surface area (Å²) >= 11 is 0. The monoisotopic (exact) mass is 476 g/mol. The Bertz CT molecular complexity index is 1610. The molecule has 2 aliphatic carbocycles. The average Bonchev–Trinajstić information content (AvgIpc) is 3.45. The first-order valence-electron chi connectivity index (χ1n) is 13.3. The molecule has 2 unspecified atom stereocenters. The van der Waals surface area contributed by atoms with Gasteiger partial charge in [0.05, 0.1) is 11.6 Å². The van der Waals surface area contributed by atoms with Crippen molar-refractivity contribution in [2.75, 3.05) is 6.54 Å². The molecule has 0 aromatic heterocycles. The molecule has 2 N–H and O–H groups in total. The maximum atomic E-state index is 3.88. The van der Waals surface area contributed by atoms with Crippen molar-refractivity contribution in [3.8, 4) is 22.3 Å². The molecule has 0 bridgehead atoms. The molecule has 2 atom stereocenters. The summed E-state index contributed by atoms with van der Waals surface area (Å²) in [5.41, 5.74) is 13.5. The molecule has 37 heavy (non-hydrogen) atoms. The van der Waals surface area contributed by atoms with E-state index in [2.05, 4.69) is 132 Å². The number of hydrogen-bond donors (Lipinski definition) is 2. The fourth-order valence-electron chi connectivity index (χ4n) is 7.17. The predicted octanol–water partition coefficient (Wildman–Crippen LogP) is 7.35. The van der Waals surface area contributed by atoms with Crippen LogP contribution in [0.1, 0.15) is 52.0 Å². The largest absolute Gasteiger partial charge is 0.298 e. The van der Waals surface area contributed by atoms with Gasteiger partial charge in [-0.15, -0.1) is 0 Å². The topological polar surface area (TPSA) is 24.1 Å². The van der Waals surface area contributed by atoms with Crippen LogP contribution in [0.3, 0.4) is 0 Å². The minimum absolute atomic E-state index is 0.167. The van der Waals surface area contributed by atoms with Crippen LogP contribution in [-0.2, 0) is 5.41 Å². The minimum Gasteiger partial charge on any atom is -0.298 e. The molecule has 2 nitrogen and oxygen atoms in total. The standard InChI is InChI=1S/C35H28N2/c1-2-10-23(11-3-1)34-36-21-20-33(37-34)24-18-19-32-28(22-24)27-14-6-9-17-31(27)35(32)29-15-7-4-12-25(29)26-13-5-8-16-30(26)35/h1-19,22,33-34,36-37H,20-21H2. The van der Waals surface area contributed by atoms with Gasteiger partial charge in [-0.05, 0) is 74.7 Å². The molecular weight excluding hydrogens is 448 g/mol. The minimum atomic E-state index is -0.258. The highest BCUT2D eigenvalue weighted by atomic mass is 15.2. The van der Waals surface area contributed by atoms with Crippen LogP contribution in [-0.4, -0.2) is 6.54 Å². The van der Waals surface area contributed by atoms with Crippen LogP contribution in [0.2, 0.25) is 0 Å². The summed E-state index contributed by atoms with van der Waals surface area (Å²) in [6.45, 7) is 0.996. The summed E-state index contributed by atoms with van der Waals surface area (Å²) in [5, 5.41) is 7.54. The molecule has 1 aliphatic heterocycles. The third kappa shape index (κ3) is 2.88. The maximum Gasteiger partial charge on any atom is 0.0840 e. The number of hydrogen-bond acceptors (Lipinski definition) is 2. The van der Waals surface area contributed by atoms with Gasteiger partial charge in [-0.25, -0.2) is 0 Å². The molecule has 0 amide bonds. The quantitative estimate of drug-likeness (QED) is 0.273. The van der Waals surface area contributed by atoms with E-state index in [0.717, 1.165) is 13.0 Å². The van der Waals surface area contributed by atoms with Crippen molar-refractivity contribution in [3.05, 3.63) is 155 Å². The number of nitrogens with one attached hydrogen (secondary N) is 2. The van der Waals surface area contributed by atoms with Gasteiger partial charge in [0, 0.05) is 6.04 Å². The zero-order valence-electron chi connectivity index (χ0n) is 20.6. The van der Waals surface area contributed by atoms with Gasteiger partial charge < -0.3 is 0 Å². The second-order valence-corrected chi connectivity index (χ2v) is 10.5. The zero-order valence-corrected chi connectivity index (χ0v) is 20.6. The summed E-state index contributed by atoms with van der Waals surface area (Å²) < 4.78 is 0. The lowest BCUT2D eigenvalue weighted by Gasteiger charge is -2.33. The second-order valence-electron chi connectivity index (χ2n) is 10.5. The van der Waals surface area contributed by atoms with E-state index in [1.54, 1.807) is 0 Å². The van der Waals surface area contributed by atoms with Gasteiger partial charge >= 0.3 is 0 Å². The Hall–Kier alpha value is -3.98. The smallest absolute Gasteiger partial charge is 0.0840 e. The first-order chi connectivity index (χ1) is 18.4. The van der Waals surface area contributed by atoms with Gasteiger partial charge in [-0.1, -0.05) is 115 Å². The molecule has 0 radical (unpaired) electrons. The molecule has 5 aromatic carbocycles. The molecule has 178 valence electrons. The van der Waals surface area contributed by atoms with Crippen molar-refractivity contribution in [3.63, 3.8) is 0 Å². The zero-order chi connectivity index (χ0) is 24.4. The summed E-state index contributed by atoms with van der Waals surface area (Å²) in [6, 6.07) is 45.4. The van der Waals surface area contributed by atoms with E-state index in [4.69, 9.17) is 0 Å². The SMILES string of the molecule is c1ccc(C2NCCC(c3ccc4c(c3)-c3ccccc3C43c4ccccc4-c4ccccc43)N2)cc1. The van der Waals surface area contributed by atoms with Crippen LogP contribution in [0.5, 0.6) is 0 Å². The van der Waals surface area contributed by atoms with E-state index in [-0.39, 0.29) is 11.6 Å². The summed E-state index contributed by atoms with van der Waals surface area (Å²) in [5.74, 6) is 0. The maximum absolute atomic E-state index is 3.88. The van der Waals surface area contributed by atoms with Crippen LogP contribution in [0.4, 0.5) is 0 Å². The highest BCUT2D eigenvalue weighted by molar-refractivity contribution is 5.95. The molecule has 3 aliphatic rings. The number of rotatable bonds is 2. The predicted molar refractivity (Wildman–Crippen MR) is 150 cm³/mol. The molecule has 1 spiro atoms. The van der Waals surface area contributed by atoms with Crippen LogP contribution in [0.25, 0.3) is 22.3 Å². The lowest BCUT2D eigenvalue weighted by Crippen LogP contribution is -2.43. The van der Waals surface area contributed by atoms with Gasteiger partial charge in [0.1, 0.15) is 0 Å². The summed E-state index contributed by atoms with van der Waals surface area (Å²) in [7, 11) is 0. The van der Waals surface area contributed by atoms with Gasteiger partial charge in [0.15, 0.2) is 0 Å². The Morgan fingerprint density at radius 2 is 1.05 bits per heavy atom. The fourth-order valence-corrected chi connectivity index (χ4v) is 7.17. The van der Waals surface area contributed by atoms with Gasteiger partial charge in [0.25, 0.3) is 0 Å². The van der Waals surface area contributed by atoms with E-state index in [1.807, 2.05) is 0 Å². The Morgan fingerprint density at radius 1 is 0.514 bits per heavy atom. The van der Waals surface area contributed by atoms with Crippen LogP contribution >= 0.6 is 0 Å². The van der Waals surface area contributed by atoms with E-state index in [9.17, 15) is 0 Å². The second kappa shape index (κ2) is 8.01.